The fourth-order valence-corrected chi connectivity index (χ4v) is 3.23. The molecule has 2 aromatic rings. The van der Waals surface area contributed by atoms with Gasteiger partial charge in [-0.1, -0.05) is 30.3 Å². The Labute approximate surface area is 130 Å². The molecule has 0 unspecified atom stereocenters. The van der Waals surface area contributed by atoms with Gasteiger partial charge in [-0.2, -0.15) is 0 Å². The minimum atomic E-state index is 0.0833. The largest absolute Gasteiger partial charge is 0.360 e. The van der Waals surface area contributed by atoms with Crippen LogP contribution in [0.15, 0.2) is 36.7 Å². The Morgan fingerprint density at radius 2 is 2.14 bits per heavy atom. The average Bonchev–Trinajstić information content (AvgIpc) is 2.94. The van der Waals surface area contributed by atoms with Crippen molar-refractivity contribution in [3.8, 4) is 0 Å². The van der Waals surface area contributed by atoms with Crippen LogP contribution in [-0.2, 0) is 6.42 Å². The summed E-state index contributed by atoms with van der Waals surface area (Å²) in [6.07, 6.45) is 2.72. The van der Waals surface area contributed by atoms with E-state index in [1.54, 1.807) is 6.33 Å². The highest BCUT2D eigenvalue weighted by Gasteiger charge is 2.32. The van der Waals surface area contributed by atoms with Crippen molar-refractivity contribution in [3.05, 3.63) is 53.6 Å². The van der Waals surface area contributed by atoms with Gasteiger partial charge in [0.15, 0.2) is 5.11 Å². The predicted molar refractivity (Wildman–Crippen MR) is 88.2 cm³/mol. The maximum Gasteiger partial charge on any atom is 0.169 e. The number of imidazole rings is 1. The van der Waals surface area contributed by atoms with Gasteiger partial charge in [-0.3, -0.25) is 0 Å². The third kappa shape index (κ3) is 2.78. The zero-order valence-electron chi connectivity index (χ0n) is 12.3. The molecule has 0 saturated carbocycles. The SMILES string of the molecule is CC(C)NC(=S)N1CCc2[nH]cnc2[C@@H]1c1ccccc1. The van der Waals surface area contributed by atoms with Crippen molar-refractivity contribution in [2.75, 3.05) is 6.54 Å². The van der Waals surface area contributed by atoms with Crippen molar-refractivity contribution in [3.63, 3.8) is 0 Å². The molecule has 0 spiro atoms. The fourth-order valence-electron chi connectivity index (χ4n) is 2.80. The van der Waals surface area contributed by atoms with E-state index in [1.807, 2.05) is 6.07 Å². The van der Waals surface area contributed by atoms with Crippen LogP contribution in [0.25, 0.3) is 0 Å². The number of aromatic amines is 1. The van der Waals surface area contributed by atoms with Gasteiger partial charge >= 0.3 is 0 Å². The number of nitrogens with one attached hydrogen (secondary N) is 2. The first-order chi connectivity index (χ1) is 10.2. The summed E-state index contributed by atoms with van der Waals surface area (Å²) in [6.45, 7) is 5.11. The molecule has 1 aromatic heterocycles. The van der Waals surface area contributed by atoms with E-state index in [4.69, 9.17) is 12.2 Å². The number of benzene rings is 1. The molecule has 2 N–H and O–H groups in total. The first-order valence-corrected chi connectivity index (χ1v) is 7.72. The molecule has 110 valence electrons. The Morgan fingerprint density at radius 1 is 1.38 bits per heavy atom. The van der Waals surface area contributed by atoms with E-state index in [1.165, 1.54) is 11.3 Å². The Morgan fingerprint density at radius 3 is 2.86 bits per heavy atom. The minimum Gasteiger partial charge on any atom is -0.360 e. The molecule has 1 atom stereocenters. The number of fused-ring (bicyclic) bond motifs is 1. The zero-order chi connectivity index (χ0) is 14.8. The molecular weight excluding hydrogens is 280 g/mol. The number of thiocarbonyl (C=S) groups is 1. The molecule has 2 heterocycles. The van der Waals surface area contributed by atoms with E-state index in [9.17, 15) is 0 Å². The summed E-state index contributed by atoms with van der Waals surface area (Å²) in [5, 5.41) is 4.15. The maximum atomic E-state index is 5.61. The van der Waals surface area contributed by atoms with E-state index in [0.717, 1.165) is 23.8 Å². The highest BCUT2D eigenvalue weighted by molar-refractivity contribution is 7.80. The fraction of sp³-hybridized carbons (Fsp3) is 0.375. The molecule has 5 heteroatoms. The van der Waals surface area contributed by atoms with Crippen LogP contribution >= 0.6 is 12.2 Å². The maximum absolute atomic E-state index is 5.61. The van der Waals surface area contributed by atoms with Gasteiger partial charge in [0, 0.05) is 24.7 Å². The molecule has 0 bridgehead atoms. The Hall–Kier alpha value is -1.88. The Kier molecular flexibility index (Phi) is 3.92. The molecule has 0 aliphatic carbocycles. The summed E-state index contributed by atoms with van der Waals surface area (Å²) in [5.74, 6) is 0. The van der Waals surface area contributed by atoms with Crippen molar-refractivity contribution in [1.29, 1.82) is 0 Å². The number of hydrogen-bond acceptors (Lipinski definition) is 2. The lowest BCUT2D eigenvalue weighted by Crippen LogP contribution is -2.47. The topological polar surface area (TPSA) is 44.0 Å². The first kappa shape index (κ1) is 14.1. The number of hydrogen-bond donors (Lipinski definition) is 2. The molecule has 0 saturated heterocycles. The zero-order valence-corrected chi connectivity index (χ0v) is 13.2. The van der Waals surface area contributed by atoms with E-state index in [-0.39, 0.29) is 6.04 Å². The van der Waals surface area contributed by atoms with Crippen LogP contribution < -0.4 is 5.32 Å². The standard InChI is InChI=1S/C16H20N4S/c1-11(2)19-16(21)20-9-8-13-14(18-10-17-13)15(20)12-6-4-3-5-7-12/h3-7,10-11,15H,8-9H2,1-2H3,(H,17,18)(H,19,21)/t15-/m0/s1. The summed E-state index contributed by atoms with van der Waals surface area (Å²) >= 11 is 5.61. The van der Waals surface area contributed by atoms with Gasteiger partial charge in [-0.05, 0) is 31.6 Å². The molecular formula is C16H20N4S. The van der Waals surface area contributed by atoms with Gasteiger partial charge in [0.25, 0.3) is 0 Å². The lowest BCUT2D eigenvalue weighted by Gasteiger charge is -2.37. The Bertz CT molecular complexity index is 620. The minimum absolute atomic E-state index is 0.0833. The Balaban J connectivity index is 1.98. The monoisotopic (exact) mass is 300 g/mol. The number of H-pyrrole nitrogens is 1. The molecule has 21 heavy (non-hydrogen) atoms. The lowest BCUT2D eigenvalue weighted by molar-refractivity contribution is 0.324. The van der Waals surface area contributed by atoms with E-state index >= 15 is 0 Å². The quantitative estimate of drug-likeness (QED) is 0.837. The number of rotatable bonds is 2. The highest BCUT2D eigenvalue weighted by atomic mass is 32.1. The van der Waals surface area contributed by atoms with Crippen molar-refractivity contribution >= 4 is 17.3 Å². The summed E-state index contributed by atoms with van der Waals surface area (Å²) in [5.41, 5.74) is 3.52. The third-order valence-electron chi connectivity index (χ3n) is 3.71. The summed E-state index contributed by atoms with van der Waals surface area (Å²) in [6, 6.07) is 10.8. The summed E-state index contributed by atoms with van der Waals surface area (Å²) < 4.78 is 0. The van der Waals surface area contributed by atoms with Crippen LogP contribution in [0.4, 0.5) is 0 Å². The van der Waals surface area contributed by atoms with Crippen LogP contribution in [0.1, 0.15) is 36.8 Å². The second-order valence-corrected chi connectivity index (χ2v) is 6.01. The summed E-state index contributed by atoms with van der Waals surface area (Å²) in [4.78, 5) is 10.0. The van der Waals surface area contributed by atoms with Crippen LogP contribution in [0.5, 0.6) is 0 Å². The first-order valence-electron chi connectivity index (χ1n) is 7.31. The molecule has 1 aromatic carbocycles. The molecule has 0 radical (unpaired) electrons. The van der Waals surface area contributed by atoms with Crippen LogP contribution in [0.3, 0.4) is 0 Å². The molecule has 0 fully saturated rings. The van der Waals surface area contributed by atoms with Gasteiger partial charge < -0.3 is 15.2 Å². The molecule has 1 aliphatic heterocycles. The van der Waals surface area contributed by atoms with Crippen LogP contribution in [0.2, 0.25) is 0 Å². The van der Waals surface area contributed by atoms with Gasteiger partial charge in [0.1, 0.15) is 6.04 Å². The molecule has 3 rings (SSSR count). The predicted octanol–water partition coefficient (Wildman–Crippen LogP) is 2.64. The average molecular weight is 300 g/mol. The van der Waals surface area contributed by atoms with E-state index in [2.05, 4.69) is 58.3 Å². The van der Waals surface area contributed by atoms with Crippen molar-refractivity contribution in [2.24, 2.45) is 0 Å². The van der Waals surface area contributed by atoms with E-state index in [0.29, 0.717) is 6.04 Å². The summed E-state index contributed by atoms with van der Waals surface area (Å²) in [7, 11) is 0. The van der Waals surface area contributed by atoms with Gasteiger partial charge in [0.05, 0.1) is 12.0 Å². The molecule has 0 amide bonds. The lowest BCUT2D eigenvalue weighted by atomic mass is 9.96. The smallest absolute Gasteiger partial charge is 0.169 e. The molecule has 1 aliphatic rings. The van der Waals surface area contributed by atoms with Gasteiger partial charge in [-0.15, -0.1) is 0 Å². The van der Waals surface area contributed by atoms with Crippen molar-refractivity contribution in [1.82, 2.24) is 20.2 Å². The van der Waals surface area contributed by atoms with Crippen molar-refractivity contribution < 1.29 is 0 Å². The van der Waals surface area contributed by atoms with E-state index < -0.39 is 0 Å². The normalized spacial score (nSPS) is 17.7. The second kappa shape index (κ2) is 5.85. The second-order valence-electron chi connectivity index (χ2n) is 5.63. The molecule has 4 nitrogen and oxygen atoms in total. The van der Waals surface area contributed by atoms with Gasteiger partial charge in [-0.25, -0.2) is 4.98 Å². The number of aromatic nitrogens is 2. The van der Waals surface area contributed by atoms with Gasteiger partial charge in [0.2, 0.25) is 0 Å². The van der Waals surface area contributed by atoms with Crippen molar-refractivity contribution in [2.45, 2.75) is 32.4 Å². The van der Waals surface area contributed by atoms with Crippen LogP contribution in [-0.4, -0.2) is 32.6 Å². The number of nitrogens with zero attached hydrogens (tertiary/aromatic N) is 2. The third-order valence-corrected chi connectivity index (χ3v) is 4.07. The van der Waals surface area contributed by atoms with Crippen LogP contribution in [0, 0.1) is 0 Å². The highest BCUT2D eigenvalue weighted by Crippen LogP contribution is 2.33.